The number of nitriles is 1. The van der Waals surface area contributed by atoms with Gasteiger partial charge in [0.1, 0.15) is 0 Å². The van der Waals surface area contributed by atoms with Crippen LogP contribution in [-0.4, -0.2) is 0 Å². The molecule has 0 aliphatic heterocycles. The molecule has 5 heterocycles. The van der Waals surface area contributed by atoms with Crippen molar-refractivity contribution < 1.29 is 13.2 Å². The minimum Gasteiger partial charge on any atom is -0.193 e. The molecule has 5 rings (SSSR count). The van der Waals surface area contributed by atoms with E-state index >= 15 is 0 Å². The SMILES string of the molecule is C/C(C#N)=C/c1sc(-c2cc(C)c(-c3ccc(-c4sc(-c5cc(C)cs5)cc4C)s3)s2)c(C(F)(F)F)c1C. The van der Waals surface area contributed by atoms with Gasteiger partial charge in [0.05, 0.1) is 16.5 Å². The molecule has 1 nitrogen and oxygen atoms in total. The fourth-order valence-corrected chi connectivity index (χ4v) is 10.4. The number of alkyl halides is 3. The zero-order valence-corrected chi connectivity index (χ0v) is 25.2. The van der Waals surface area contributed by atoms with Gasteiger partial charge >= 0.3 is 6.18 Å². The monoisotopic (exact) mass is 601 g/mol. The van der Waals surface area contributed by atoms with Crippen LogP contribution in [-0.2, 0) is 6.18 Å². The van der Waals surface area contributed by atoms with Gasteiger partial charge in [-0.2, -0.15) is 18.4 Å². The molecule has 0 radical (unpaired) electrons. The van der Waals surface area contributed by atoms with E-state index in [0.717, 1.165) is 26.7 Å². The van der Waals surface area contributed by atoms with Gasteiger partial charge in [0.15, 0.2) is 0 Å². The van der Waals surface area contributed by atoms with Crippen molar-refractivity contribution in [3.63, 3.8) is 0 Å². The number of hydrogen-bond acceptors (Lipinski definition) is 6. The van der Waals surface area contributed by atoms with Crippen molar-refractivity contribution in [2.24, 2.45) is 0 Å². The van der Waals surface area contributed by atoms with Crippen molar-refractivity contribution >= 4 is 62.8 Å². The molecule has 0 aliphatic carbocycles. The van der Waals surface area contributed by atoms with Gasteiger partial charge in [0, 0.05) is 44.6 Å². The second kappa shape index (κ2) is 10.2. The minimum absolute atomic E-state index is 0.169. The highest BCUT2D eigenvalue weighted by molar-refractivity contribution is 7.29. The van der Waals surface area contributed by atoms with Crippen LogP contribution in [0.25, 0.3) is 45.1 Å². The number of halogens is 3. The van der Waals surface area contributed by atoms with Gasteiger partial charge in [-0.15, -0.1) is 56.7 Å². The Kier molecular flexibility index (Phi) is 7.31. The summed E-state index contributed by atoms with van der Waals surface area (Å²) >= 11 is 7.72. The second-order valence-corrected chi connectivity index (χ2v) is 14.3. The van der Waals surface area contributed by atoms with Crippen molar-refractivity contribution in [2.75, 3.05) is 0 Å². The van der Waals surface area contributed by atoms with Crippen LogP contribution in [0.1, 0.15) is 39.6 Å². The third kappa shape index (κ3) is 5.08. The molecule has 0 N–H and O–H groups in total. The first-order valence-electron chi connectivity index (χ1n) is 11.6. The summed E-state index contributed by atoms with van der Waals surface area (Å²) in [5, 5.41) is 11.3. The van der Waals surface area contributed by atoms with E-state index in [-0.39, 0.29) is 10.4 Å². The molecule has 0 aliphatic rings. The molecule has 9 heteroatoms. The summed E-state index contributed by atoms with van der Waals surface area (Å²) in [4.78, 5) is 8.25. The lowest BCUT2D eigenvalue weighted by Gasteiger charge is -2.08. The predicted octanol–water partition coefficient (Wildman–Crippen LogP) is 11.8. The Hall–Kier alpha value is -2.48. The van der Waals surface area contributed by atoms with Crippen molar-refractivity contribution in [2.45, 2.75) is 40.8 Å². The van der Waals surface area contributed by atoms with Gasteiger partial charge in [0.2, 0.25) is 0 Å². The number of rotatable bonds is 5. The van der Waals surface area contributed by atoms with E-state index in [1.54, 1.807) is 47.0 Å². The van der Waals surface area contributed by atoms with Crippen LogP contribution in [0.2, 0.25) is 0 Å². The van der Waals surface area contributed by atoms with Gasteiger partial charge in [-0.25, -0.2) is 0 Å². The summed E-state index contributed by atoms with van der Waals surface area (Å²) in [5.41, 5.74) is 3.39. The van der Waals surface area contributed by atoms with E-state index in [1.807, 2.05) is 19.1 Å². The normalized spacial score (nSPS) is 12.3. The third-order valence-electron chi connectivity index (χ3n) is 6.08. The third-order valence-corrected chi connectivity index (χ3v) is 12.7. The first kappa shape index (κ1) is 27.1. The van der Waals surface area contributed by atoms with Crippen molar-refractivity contribution in [3.8, 4) is 45.1 Å². The molecular weight excluding hydrogens is 580 g/mol. The molecule has 5 aromatic rings. The van der Waals surface area contributed by atoms with Crippen molar-refractivity contribution in [1.82, 2.24) is 0 Å². The van der Waals surface area contributed by atoms with E-state index in [4.69, 9.17) is 5.26 Å². The van der Waals surface area contributed by atoms with Crippen LogP contribution >= 0.6 is 56.7 Å². The number of nitrogens with zero attached hydrogens (tertiary/aromatic N) is 1. The van der Waals surface area contributed by atoms with Gasteiger partial charge in [-0.1, -0.05) is 0 Å². The number of hydrogen-bond donors (Lipinski definition) is 0. The van der Waals surface area contributed by atoms with E-state index in [9.17, 15) is 13.2 Å². The Balaban J connectivity index is 1.54. The summed E-state index contributed by atoms with van der Waals surface area (Å²) in [7, 11) is 0. The Bertz CT molecular complexity index is 1730. The maximum Gasteiger partial charge on any atom is 0.418 e. The van der Waals surface area contributed by atoms with Crippen molar-refractivity contribution in [1.29, 1.82) is 5.26 Å². The predicted molar refractivity (Wildman–Crippen MR) is 161 cm³/mol. The maximum atomic E-state index is 14.1. The quantitative estimate of drug-likeness (QED) is 0.184. The van der Waals surface area contributed by atoms with Gasteiger partial charge in [-0.3, -0.25) is 0 Å². The molecule has 0 unspecified atom stereocenters. The second-order valence-electron chi connectivity index (χ2n) is 9.13. The Morgan fingerprint density at radius 3 is 1.95 bits per heavy atom. The van der Waals surface area contributed by atoms with E-state index in [2.05, 4.69) is 43.5 Å². The highest BCUT2D eigenvalue weighted by atomic mass is 32.1. The van der Waals surface area contributed by atoms with Crippen LogP contribution in [0.5, 0.6) is 0 Å². The highest BCUT2D eigenvalue weighted by Gasteiger charge is 2.38. The number of thiophene rings is 5. The molecule has 38 heavy (non-hydrogen) atoms. The summed E-state index contributed by atoms with van der Waals surface area (Å²) in [6, 6.07) is 12.5. The van der Waals surface area contributed by atoms with E-state index < -0.39 is 11.7 Å². The molecule has 0 fully saturated rings. The van der Waals surface area contributed by atoms with Crippen LogP contribution in [0.15, 0.2) is 41.3 Å². The van der Waals surface area contributed by atoms with E-state index in [0.29, 0.717) is 15.3 Å². The zero-order chi connectivity index (χ0) is 27.4. The smallest absolute Gasteiger partial charge is 0.193 e. The van der Waals surface area contributed by atoms with Gasteiger partial charge < -0.3 is 0 Å². The molecule has 0 aromatic carbocycles. The number of aryl methyl sites for hydroxylation is 3. The molecule has 0 amide bonds. The molecule has 0 saturated heterocycles. The van der Waals surface area contributed by atoms with Crippen LogP contribution in [0, 0.1) is 39.0 Å². The maximum absolute atomic E-state index is 14.1. The largest absolute Gasteiger partial charge is 0.418 e. The molecule has 0 atom stereocenters. The molecular formula is C29H22F3NS5. The minimum atomic E-state index is -4.48. The van der Waals surface area contributed by atoms with E-state index in [1.165, 1.54) is 48.9 Å². The fourth-order valence-electron chi connectivity index (χ4n) is 4.24. The Labute approximate surface area is 239 Å². The zero-order valence-electron chi connectivity index (χ0n) is 21.2. The van der Waals surface area contributed by atoms with Gasteiger partial charge in [-0.05, 0) is 98.7 Å². The van der Waals surface area contributed by atoms with Crippen LogP contribution in [0.4, 0.5) is 13.2 Å². The first-order chi connectivity index (χ1) is 18.0. The lowest BCUT2D eigenvalue weighted by atomic mass is 10.1. The average molecular weight is 602 g/mol. The molecule has 0 bridgehead atoms. The summed E-state index contributed by atoms with van der Waals surface area (Å²) < 4.78 is 42.4. The summed E-state index contributed by atoms with van der Waals surface area (Å²) in [6.45, 7) is 9.28. The summed E-state index contributed by atoms with van der Waals surface area (Å²) in [6.07, 6.45) is -2.94. The average Bonchev–Trinajstić information content (AvgIpc) is 3.65. The lowest BCUT2D eigenvalue weighted by Crippen LogP contribution is -2.06. The van der Waals surface area contributed by atoms with Gasteiger partial charge in [0.25, 0.3) is 0 Å². The Morgan fingerprint density at radius 2 is 1.39 bits per heavy atom. The fraction of sp³-hybridized carbons (Fsp3) is 0.207. The molecule has 0 spiro atoms. The standard InChI is InChI=1S/C29H22F3NS5/c1-14(12-33)8-21-18(5)25(29(30,31)32)28(36-21)24-11-17(4)27(38-24)20-7-6-19(35-20)26-16(3)10-23(37-26)22-9-15(2)13-34-22/h6-11,13H,1-5H3/b14-8-. The van der Waals surface area contributed by atoms with Crippen LogP contribution < -0.4 is 0 Å². The van der Waals surface area contributed by atoms with Crippen LogP contribution in [0.3, 0.4) is 0 Å². The first-order valence-corrected chi connectivity index (χ1v) is 15.8. The lowest BCUT2D eigenvalue weighted by molar-refractivity contribution is -0.137. The Morgan fingerprint density at radius 1 is 0.789 bits per heavy atom. The number of allylic oxidation sites excluding steroid dienone is 1. The topological polar surface area (TPSA) is 23.8 Å². The molecule has 194 valence electrons. The van der Waals surface area contributed by atoms with Crippen molar-refractivity contribution in [3.05, 3.63) is 74.0 Å². The molecule has 5 aromatic heterocycles. The summed E-state index contributed by atoms with van der Waals surface area (Å²) in [5.74, 6) is 0. The molecule has 0 saturated carbocycles. The highest BCUT2D eigenvalue weighted by Crippen LogP contribution is 2.51.